The molecule has 2 rings (SSSR count). The van der Waals surface area contributed by atoms with Crippen LogP contribution in [-0.2, 0) is 5.41 Å². The fraction of sp³-hybridized carbons (Fsp3) is 0.308. The smallest absolute Gasteiger partial charge is 0.201 e. The summed E-state index contributed by atoms with van der Waals surface area (Å²) in [6.45, 7) is 6.25. The minimum atomic E-state index is -0.0739. The quantitative estimate of drug-likeness (QED) is 0.773. The van der Waals surface area contributed by atoms with E-state index in [1.165, 1.54) is 0 Å². The molecule has 0 amide bonds. The van der Waals surface area contributed by atoms with Crippen molar-refractivity contribution in [1.29, 1.82) is 0 Å². The SMILES string of the molecule is CC(C)(C)c1nc(-c2ccccc2)c(Br)o1. The van der Waals surface area contributed by atoms with Gasteiger partial charge >= 0.3 is 0 Å². The van der Waals surface area contributed by atoms with E-state index in [4.69, 9.17) is 4.42 Å². The number of aromatic nitrogens is 1. The molecule has 0 radical (unpaired) electrons. The molecule has 0 saturated heterocycles. The van der Waals surface area contributed by atoms with Crippen molar-refractivity contribution < 1.29 is 4.42 Å². The van der Waals surface area contributed by atoms with E-state index in [1.807, 2.05) is 30.3 Å². The molecule has 0 aliphatic rings. The van der Waals surface area contributed by atoms with Crippen molar-refractivity contribution in [2.24, 2.45) is 0 Å². The van der Waals surface area contributed by atoms with E-state index >= 15 is 0 Å². The summed E-state index contributed by atoms with van der Waals surface area (Å²) in [6, 6.07) is 10.0. The summed E-state index contributed by atoms with van der Waals surface area (Å²) >= 11 is 3.42. The second kappa shape index (κ2) is 4.06. The Hall–Kier alpha value is -1.09. The fourth-order valence-corrected chi connectivity index (χ4v) is 1.87. The van der Waals surface area contributed by atoms with Crippen LogP contribution in [0.1, 0.15) is 26.7 Å². The van der Waals surface area contributed by atoms with E-state index < -0.39 is 0 Å². The highest BCUT2D eigenvalue weighted by Crippen LogP contribution is 2.32. The van der Waals surface area contributed by atoms with Crippen LogP contribution in [0.25, 0.3) is 11.3 Å². The van der Waals surface area contributed by atoms with E-state index in [0.717, 1.165) is 17.1 Å². The average Bonchev–Trinajstić information content (AvgIpc) is 2.61. The van der Waals surface area contributed by atoms with Crippen molar-refractivity contribution in [3.05, 3.63) is 40.9 Å². The minimum absolute atomic E-state index is 0.0739. The Morgan fingerprint density at radius 3 is 2.25 bits per heavy atom. The third-order valence-electron chi connectivity index (χ3n) is 2.27. The van der Waals surface area contributed by atoms with E-state index in [0.29, 0.717) is 4.67 Å². The molecule has 0 N–H and O–H groups in total. The Balaban J connectivity index is 2.48. The maximum Gasteiger partial charge on any atom is 0.201 e. The predicted octanol–water partition coefficient (Wildman–Crippen LogP) is 4.40. The molecule has 1 aromatic heterocycles. The largest absolute Gasteiger partial charge is 0.433 e. The molecular formula is C13H14BrNO. The molecule has 16 heavy (non-hydrogen) atoms. The summed E-state index contributed by atoms with van der Waals surface area (Å²) in [4.78, 5) is 4.54. The lowest BCUT2D eigenvalue weighted by Gasteiger charge is -2.11. The number of rotatable bonds is 1. The van der Waals surface area contributed by atoms with Gasteiger partial charge in [0.25, 0.3) is 0 Å². The zero-order valence-electron chi connectivity index (χ0n) is 9.62. The lowest BCUT2D eigenvalue weighted by atomic mass is 9.97. The van der Waals surface area contributed by atoms with Crippen LogP contribution >= 0.6 is 15.9 Å². The summed E-state index contributed by atoms with van der Waals surface area (Å²) in [7, 11) is 0. The fourth-order valence-electron chi connectivity index (χ4n) is 1.40. The Morgan fingerprint density at radius 2 is 1.75 bits per heavy atom. The highest BCUT2D eigenvalue weighted by Gasteiger charge is 2.23. The molecule has 2 aromatic rings. The molecule has 0 fully saturated rings. The number of oxazole rings is 1. The Bertz CT molecular complexity index is 482. The van der Waals surface area contributed by atoms with Crippen molar-refractivity contribution in [3.63, 3.8) is 0 Å². The molecule has 1 aromatic carbocycles. The van der Waals surface area contributed by atoms with Gasteiger partial charge in [-0.1, -0.05) is 51.1 Å². The third kappa shape index (κ3) is 2.19. The number of nitrogens with zero attached hydrogens (tertiary/aromatic N) is 1. The van der Waals surface area contributed by atoms with Gasteiger partial charge in [-0.25, -0.2) is 4.98 Å². The Kier molecular flexibility index (Phi) is 2.89. The van der Waals surface area contributed by atoms with Crippen LogP contribution in [0.5, 0.6) is 0 Å². The van der Waals surface area contributed by atoms with Gasteiger partial charge in [-0.2, -0.15) is 0 Å². The van der Waals surface area contributed by atoms with E-state index in [2.05, 4.69) is 41.7 Å². The van der Waals surface area contributed by atoms with Gasteiger partial charge in [0.05, 0.1) is 0 Å². The molecule has 0 saturated carbocycles. The number of hydrogen-bond donors (Lipinski definition) is 0. The molecule has 0 spiro atoms. The first-order valence-corrected chi connectivity index (χ1v) is 6.00. The molecule has 0 bridgehead atoms. The van der Waals surface area contributed by atoms with Crippen molar-refractivity contribution in [3.8, 4) is 11.3 Å². The number of hydrogen-bond acceptors (Lipinski definition) is 2. The first-order valence-electron chi connectivity index (χ1n) is 5.21. The van der Waals surface area contributed by atoms with Crippen LogP contribution in [0.15, 0.2) is 39.4 Å². The number of benzene rings is 1. The third-order valence-corrected chi connectivity index (χ3v) is 2.81. The average molecular weight is 280 g/mol. The summed E-state index contributed by atoms with van der Waals surface area (Å²) in [5, 5.41) is 0. The van der Waals surface area contributed by atoms with Crippen LogP contribution in [0.3, 0.4) is 0 Å². The Morgan fingerprint density at radius 1 is 1.12 bits per heavy atom. The van der Waals surface area contributed by atoms with Gasteiger partial charge in [0, 0.05) is 11.0 Å². The van der Waals surface area contributed by atoms with Gasteiger partial charge < -0.3 is 4.42 Å². The molecule has 84 valence electrons. The summed E-state index contributed by atoms with van der Waals surface area (Å²) in [5.74, 6) is 0.748. The van der Waals surface area contributed by atoms with Gasteiger partial charge in [-0.05, 0) is 15.9 Å². The summed E-state index contributed by atoms with van der Waals surface area (Å²) in [5.41, 5.74) is 1.86. The minimum Gasteiger partial charge on any atom is -0.433 e. The predicted molar refractivity (Wildman–Crippen MR) is 68.3 cm³/mol. The zero-order valence-corrected chi connectivity index (χ0v) is 11.2. The lowest BCUT2D eigenvalue weighted by Crippen LogP contribution is -2.11. The highest BCUT2D eigenvalue weighted by molar-refractivity contribution is 9.10. The first-order chi connectivity index (χ1) is 7.48. The van der Waals surface area contributed by atoms with E-state index in [1.54, 1.807) is 0 Å². The van der Waals surface area contributed by atoms with Crippen LogP contribution in [0.4, 0.5) is 0 Å². The topological polar surface area (TPSA) is 26.0 Å². The Labute approximate surface area is 104 Å². The highest BCUT2D eigenvalue weighted by atomic mass is 79.9. The maximum atomic E-state index is 5.64. The van der Waals surface area contributed by atoms with Gasteiger partial charge in [-0.15, -0.1) is 0 Å². The normalized spacial score (nSPS) is 11.8. The summed E-state index contributed by atoms with van der Waals surface area (Å²) < 4.78 is 6.34. The van der Waals surface area contributed by atoms with Crippen LogP contribution in [-0.4, -0.2) is 4.98 Å². The van der Waals surface area contributed by atoms with Crippen molar-refractivity contribution in [2.45, 2.75) is 26.2 Å². The molecule has 0 aliphatic carbocycles. The van der Waals surface area contributed by atoms with Crippen molar-refractivity contribution in [2.75, 3.05) is 0 Å². The monoisotopic (exact) mass is 279 g/mol. The molecule has 0 atom stereocenters. The van der Waals surface area contributed by atoms with Gasteiger partial charge in [0.1, 0.15) is 5.69 Å². The molecule has 0 unspecified atom stereocenters. The summed E-state index contributed by atoms with van der Waals surface area (Å²) in [6.07, 6.45) is 0. The lowest BCUT2D eigenvalue weighted by molar-refractivity contribution is 0.382. The first kappa shape index (κ1) is 11.4. The molecule has 0 aliphatic heterocycles. The van der Waals surface area contributed by atoms with Crippen LogP contribution in [0, 0.1) is 0 Å². The number of halogens is 1. The maximum absolute atomic E-state index is 5.64. The van der Waals surface area contributed by atoms with Gasteiger partial charge in [-0.3, -0.25) is 0 Å². The van der Waals surface area contributed by atoms with Crippen molar-refractivity contribution >= 4 is 15.9 Å². The molecular weight excluding hydrogens is 266 g/mol. The zero-order chi connectivity index (χ0) is 11.8. The molecule has 1 heterocycles. The molecule has 2 nitrogen and oxygen atoms in total. The van der Waals surface area contributed by atoms with Gasteiger partial charge in [0.15, 0.2) is 4.67 Å². The standard InChI is InChI=1S/C13H14BrNO/c1-13(2,3)12-15-10(11(14)16-12)9-7-5-4-6-8-9/h4-8H,1-3H3. The van der Waals surface area contributed by atoms with Gasteiger partial charge in [0.2, 0.25) is 5.89 Å². The van der Waals surface area contributed by atoms with Crippen LogP contribution < -0.4 is 0 Å². The second-order valence-corrected chi connectivity index (χ2v) is 5.48. The van der Waals surface area contributed by atoms with E-state index in [-0.39, 0.29) is 5.41 Å². The molecule has 3 heteroatoms. The van der Waals surface area contributed by atoms with Crippen LogP contribution in [0.2, 0.25) is 0 Å². The second-order valence-electron chi connectivity index (χ2n) is 4.76. The van der Waals surface area contributed by atoms with Crippen molar-refractivity contribution in [1.82, 2.24) is 4.98 Å². The van der Waals surface area contributed by atoms with E-state index in [9.17, 15) is 0 Å².